The minimum absolute atomic E-state index is 0.246. The maximum absolute atomic E-state index is 11.4. The van der Waals surface area contributed by atoms with Crippen molar-refractivity contribution in [3.63, 3.8) is 0 Å². The first kappa shape index (κ1) is 16.2. The van der Waals surface area contributed by atoms with E-state index >= 15 is 0 Å². The lowest BCUT2D eigenvalue weighted by atomic mass is 10.0. The van der Waals surface area contributed by atoms with E-state index in [1.807, 2.05) is 14.0 Å². The SMILES string of the molecule is Cc1nn(C)c(CC(O)c2ccc(S(C)(=O)=O)cc2)c1Br. The highest BCUT2D eigenvalue weighted by Gasteiger charge is 2.17. The number of nitrogens with zero attached hydrogens (tertiary/aromatic N) is 2. The lowest BCUT2D eigenvalue weighted by Gasteiger charge is -2.12. The van der Waals surface area contributed by atoms with Gasteiger partial charge in [0.05, 0.1) is 26.9 Å². The Hall–Kier alpha value is -1.18. The number of rotatable bonds is 4. The highest BCUT2D eigenvalue weighted by Crippen LogP contribution is 2.26. The Morgan fingerprint density at radius 3 is 2.33 bits per heavy atom. The minimum Gasteiger partial charge on any atom is -0.388 e. The number of aliphatic hydroxyl groups is 1. The molecule has 0 amide bonds. The molecule has 1 aromatic heterocycles. The molecule has 0 bridgehead atoms. The zero-order chi connectivity index (χ0) is 15.8. The van der Waals surface area contributed by atoms with Gasteiger partial charge in [-0.25, -0.2) is 8.42 Å². The second-order valence-electron chi connectivity index (χ2n) is 5.03. The standard InChI is InChI=1S/C14H17BrN2O3S/c1-9-14(15)12(17(2)16-9)8-13(18)10-4-6-11(7-5-10)21(3,19)20/h4-7,13,18H,8H2,1-3H3. The fourth-order valence-corrected chi connectivity index (χ4v) is 3.27. The van der Waals surface area contributed by atoms with Crippen molar-refractivity contribution < 1.29 is 13.5 Å². The zero-order valence-corrected chi connectivity index (χ0v) is 14.4. The van der Waals surface area contributed by atoms with Crippen molar-refractivity contribution in [2.75, 3.05) is 6.26 Å². The molecule has 0 spiro atoms. The summed E-state index contributed by atoms with van der Waals surface area (Å²) in [6.07, 6.45) is 0.842. The van der Waals surface area contributed by atoms with Crippen LogP contribution in [0.4, 0.5) is 0 Å². The summed E-state index contributed by atoms with van der Waals surface area (Å²) in [5.74, 6) is 0. The van der Waals surface area contributed by atoms with Crippen molar-refractivity contribution in [3.05, 3.63) is 45.7 Å². The highest BCUT2D eigenvalue weighted by molar-refractivity contribution is 9.10. The first-order valence-corrected chi connectivity index (χ1v) is 9.04. The summed E-state index contributed by atoms with van der Waals surface area (Å²) in [4.78, 5) is 0.246. The van der Waals surface area contributed by atoms with E-state index in [4.69, 9.17) is 0 Å². The molecule has 0 radical (unpaired) electrons. The van der Waals surface area contributed by atoms with Crippen molar-refractivity contribution in [3.8, 4) is 0 Å². The second-order valence-corrected chi connectivity index (χ2v) is 7.84. The Morgan fingerprint density at radius 1 is 1.33 bits per heavy atom. The van der Waals surface area contributed by atoms with Gasteiger partial charge in [0, 0.05) is 19.7 Å². The van der Waals surface area contributed by atoms with Crippen LogP contribution < -0.4 is 0 Å². The molecule has 2 rings (SSSR count). The summed E-state index contributed by atoms with van der Waals surface area (Å²) < 4.78 is 25.4. The van der Waals surface area contributed by atoms with Crippen molar-refractivity contribution in [2.24, 2.45) is 7.05 Å². The molecule has 0 aliphatic heterocycles. The highest BCUT2D eigenvalue weighted by atomic mass is 79.9. The average Bonchev–Trinajstić information content (AvgIpc) is 2.64. The van der Waals surface area contributed by atoms with E-state index in [1.54, 1.807) is 16.8 Å². The van der Waals surface area contributed by atoms with Gasteiger partial charge in [-0.2, -0.15) is 5.10 Å². The number of hydrogen-bond acceptors (Lipinski definition) is 4. The lowest BCUT2D eigenvalue weighted by molar-refractivity contribution is 0.175. The minimum atomic E-state index is -3.22. The van der Waals surface area contributed by atoms with Crippen LogP contribution in [0, 0.1) is 6.92 Å². The molecule has 0 saturated heterocycles. The van der Waals surface area contributed by atoms with Gasteiger partial charge >= 0.3 is 0 Å². The van der Waals surface area contributed by atoms with E-state index in [0.717, 1.165) is 22.1 Å². The fourth-order valence-electron chi connectivity index (χ4n) is 2.14. The molecule has 2 aromatic rings. The fraction of sp³-hybridized carbons (Fsp3) is 0.357. The topological polar surface area (TPSA) is 72.2 Å². The van der Waals surface area contributed by atoms with Crippen molar-refractivity contribution in [1.82, 2.24) is 9.78 Å². The van der Waals surface area contributed by atoms with Crippen LogP contribution in [0.5, 0.6) is 0 Å². The molecule has 0 aliphatic carbocycles. The van der Waals surface area contributed by atoms with E-state index in [0.29, 0.717) is 12.0 Å². The Morgan fingerprint density at radius 2 is 1.90 bits per heavy atom. The lowest BCUT2D eigenvalue weighted by Crippen LogP contribution is -2.07. The molecule has 114 valence electrons. The van der Waals surface area contributed by atoms with Gasteiger partial charge in [-0.3, -0.25) is 4.68 Å². The van der Waals surface area contributed by atoms with Gasteiger partial charge in [-0.1, -0.05) is 12.1 Å². The number of sulfone groups is 1. The predicted molar refractivity (Wildman–Crippen MR) is 83.9 cm³/mol. The van der Waals surface area contributed by atoms with Crippen LogP contribution in [-0.4, -0.2) is 29.6 Å². The number of aliphatic hydroxyl groups excluding tert-OH is 1. The van der Waals surface area contributed by atoms with Gasteiger partial charge in [0.1, 0.15) is 0 Å². The summed E-state index contributed by atoms with van der Waals surface area (Å²) >= 11 is 3.47. The quantitative estimate of drug-likeness (QED) is 0.892. The summed E-state index contributed by atoms with van der Waals surface area (Å²) in [5, 5.41) is 14.6. The number of aryl methyl sites for hydroxylation is 2. The molecule has 0 fully saturated rings. The molecule has 21 heavy (non-hydrogen) atoms. The largest absolute Gasteiger partial charge is 0.388 e. The third kappa shape index (κ3) is 3.53. The molecule has 0 aliphatic rings. The van der Waals surface area contributed by atoms with Gasteiger partial charge in [0.15, 0.2) is 9.84 Å². The molecule has 1 unspecified atom stereocenters. The number of halogens is 1. The first-order valence-electron chi connectivity index (χ1n) is 6.36. The molecular weight excluding hydrogens is 356 g/mol. The third-order valence-electron chi connectivity index (χ3n) is 3.34. The number of benzene rings is 1. The molecule has 1 heterocycles. The Bertz CT molecular complexity index is 751. The molecule has 5 nitrogen and oxygen atoms in total. The Balaban J connectivity index is 2.23. The Kier molecular flexibility index (Phi) is 4.55. The maximum Gasteiger partial charge on any atom is 0.175 e. The molecule has 1 N–H and O–H groups in total. The van der Waals surface area contributed by atoms with Gasteiger partial charge in [-0.15, -0.1) is 0 Å². The monoisotopic (exact) mass is 372 g/mol. The normalized spacial score (nSPS) is 13.4. The molecule has 1 aromatic carbocycles. The van der Waals surface area contributed by atoms with Crippen molar-refractivity contribution in [1.29, 1.82) is 0 Å². The summed E-state index contributed by atoms with van der Waals surface area (Å²) in [6.45, 7) is 1.89. The Labute approximate surface area is 132 Å². The van der Waals surface area contributed by atoms with Crippen LogP contribution in [-0.2, 0) is 23.3 Å². The van der Waals surface area contributed by atoms with E-state index in [2.05, 4.69) is 21.0 Å². The number of hydrogen-bond donors (Lipinski definition) is 1. The second kappa shape index (κ2) is 5.90. The van der Waals surface area contributed by atoms with Crippen LogP contribution in [0.1, 0.15) is 23.1 Å². The maximum atomic E-state index is 11.4. The van der Waals surface area contributed by atoms with E-state index in [-0.39, 0.29) is 4.90 Å². The van der Waals surface area contributed by atoms with E-state index < -0.39 is 15.9 Å². The van der Waals surface area contributed by atoms with Gasteiger partial charge in [0.25, 0.3) is 0 Å². The van der Waals surface area contributed by atoms with E-state index in [9.17, 15) is 13.5 Å². The predicted octanol–water partition coefficient (Wildman–Crippen LogP) is 2.17. The summed E-state index contributed by atoms with van der Waals surface area (Å²) in [7, 11) is -1.39. The van der Waals surface area contributed by atoms with Gasteiger partial charge in [-0.05, 0) is 40.5 Å². The van der Waals surface area contributed by atoms with Gasteiger partial charge in [0.2, 0.25) is 0 Å². The first-order chi connectivity index (χ1) is 9.70. The molecule has 0 saturated carbocycles. The van der Waals surface area contributed by atoms with Crippen LogP contribution in [0.3, 0.4) is 0 Å². The van der Waals surface area contributed by atoms with Gasteiger partial charge < -0.3 is 5.11 Å². The number of aromatic nitrogens is 2. The summed E-state index contributed by atoms with van der Waals surface area (Å²) in [5.41, 5.74) is 2.44. The average molecular weight is 373 g/mol. The van der Waals surface area contributed by atoms with Crippen LogP contribution in [0.15, 0.2) is 33.6 Å². The summed E-state index contributed by atoms with van der Waals surface area (Å²) in [6, 6.07) is 6.30. The molecule has 7 heteroatoms. The zero-order valence-electron chi connectivity index (χ0n) is 12.0. The van der Waals surface area contributed by atoms with Crippen molar-refractivity contribution >= 4 is 25.8 Å². The smallest absolute Gasteiger partial charge is 0.175 e. The van der Waals surface area contributed by atoms with Crippen LogP contribution in [0.2, 0.25) is 0 Å². The molecule has 1 atom stereocenters. The van der Waals surface area contributed by atoms with Crippen LogP contribution in [0.25, 0.3) is 0 Å². The van der Waals surface area contributed by atoms with Crippen LogP contribution >= 0.6 is 15.9 Å². The molecular formula is C14H17BrN2O3S. The van der Waals surface area contributed by atoms with Crippen molar-refractivity contribution in [2.45, 2.75) is 24.3 Å². The third-order valence-corrected chi connectivity index (χ3v) is 5.50. The van der Waals surface area contributed by atoms with E-state index in [1.165, 1.54) is 12.1 Å².